The van der Waals surface area contributed by atoms with Gasteiger partial charge in [-0.05, 0) is 35.4 Å². The summed E-state index contributed by atoms with van der Waals surface area (Å²) >= 11 is 0. The lowest BCUT2D eigenvalue weighted by molar-refractivity contribution is -0.137. The van der Waals surface area contributed by atoms with Gasteiger partial charge < -0.3 is 14.0 Å². The summed E-state index contributed by atoms with van der Waals surface area (Å²) in [5, 5.41) is 0. The number of halogens is 3. The summed E-state index contributed by atoms with van der Waals surface area (Å²) in [4.78, 5) is 15.4. The predicted molar refractivity (Wildman–Crippen MR) is 94.9 cm³/mol. The van der Waals surface area contributed by atoms with Gasteiger partial charge in [-0.3, -0.25) is 0 Å². The minimum absolute atomic E-state index is 0.168. The zero-order valence-electron chi connectivity index (χ0n) is 14.9. The van der Waals surface area contributed by atoms with Gasteiger partial charge in [0.15, 0.2) is 5.69 Å². The van der Waals surface area contributed by atoms with Gasteiger partial charge in [0.05, 0.1) is 19.0 Å². The van der Waals surface area contributed by atoms with Gasteiger partial charge in [-0.2, -0.15) is 13.2 Å². The SMILES string of the molecule is COC(=O)c1cn(Cc2ccc(OCc3ccc(C(F)(F)F)cc3)cc2)cn1. The molecule has 0 aliphatic rings. The van der Waals surface area contributed by atoms with Gasteiger partial charge in [0.25, 0.3) is 0 Å². The summed E-state index contributed by atoms with van der Waals surface area (Å²) < 4.78 is 49.7. The number of hydrogen-bond donors (Lipinski definition) is 0. The lowest BCUT2D eigenvalue weighted by atomic mass is 10.1. The number of carbonyl (C=O) groups excluding carboxylic acids is 1. The number of alkyl halides is 3. The first kappa shape index (κ1) is 19.5. The molecule has 0 aliphatic heterocycles. The highest BCUT2D eigenvalue weighted by Gasteiger charge is 2.29. The van der Waals surface area contributed by atoms with Crippen LogP contribution in [0.4, 0.5) is 13.2 Å². The highest BCUT2D eigenvalue weighted by atomic mass is 19.4. The van der Waals surface area contributed by atoms with Crippen molar-refractivity contribution in [1.29, 1.82) is 0 Å². The van der Waals surface area contributed by atoms with E-state index in [0.717, 1.165) is 17.7 Å². The third-order valence-corrected chi connectivity index (χ3v) is 4.00. The summed E-state index contributed by atoms with van der Waals surface area (Å²) in [5.41, 5.74) is 1.16. The van der Waals surface area contributed by atoms with Crippen molar-refractivity contribution in [2.24, 2.45) is 0 Å². The van der Waals surface area contributed by atoms with E-state index in [1.165, 1.54) is 19.2 Å². The number of ether oxygens (including phenoxy) is 2. The van der Waals surface area contributed by atoms with Crippen molar-refractivity contribution in [1.82, 2.24) is 9.55 Å². The molecule has 5 nitrogen and oxygen atoms in total. The van der Waals surface area contributed by atoms with E-state index in [4.69, 9.17) is 4.74 Å². The Morgan fingerprint density at radius 1 is 1.04 bits per heavy atom. The average molecular weight is 390 g/mol. The van der Waals surface area contributed by atoms with Crippen molar-refractivity contribution in [2.45, 2.75) is 19.3 Å². The second-order valence-corrected chi connectivity index (χ2v) is 6.05. The number of imidazole rings is 1. The lowest BCUT2D eigenvalue weighted by Crippen LogP contribution is -2.05. The fourth-order valence-electron chi connectivity index (χ4n) is 2.52. The summed E-state index contributed by atoms with van der Waals surface area (Å²) in [6.07, 6.45) is -1.20. The molecule has 8 heteroatoms. The molecule has 1 heterocycles. The number of carbonyl (C=O) groups is 1. The van der Waals surface area contributed by atoms with Crippen LogP contribution in [0, 0.1) is 0 Å². The van der Waals surface area contributed by atoms with E-state index in [2.05, 4.69) is 9.72 Å². The van der Waals surface area contributed by atoms with Crippen molar-refractivity contribution in [3.05, 3.63) is 83.4 Å². The molecule has 28 heavy (non-hydrogen) atoms. The van der Waals surface area contributed by atoms with Crippen LogP contribution in [0.25, 0.3) is 0 Å². The number of aromatic nitrogens is 2. The van der Waals surface area contributed by atoms with Crippen LogP contribution in [0.2, 0.25) is 0 Å². The van der Waals surface area contributed by atoms with Crippen LogP contribution in [0.3, 0.4) is 0 Å². The number of esters is 1. The zero-order chi connectivity index (χ0) is 20.1. The molecule has 1 aromatic heterocycles. The van der Waals surface area contributed by atoms with Crippen molar-refractivity contribution in [3.63, 3.8) is 0 Å². The van der Waals surface area contributed by atoms with Gasteiger partial charge in [0.2, 0.25) is 0 Å². The third-order valence-electron chi connectivity index (χ3n) is 4.00. The molecule has 0 atom stereocenters. The van der Waals surface area contributed by atoms with E-state index in [0.29, 0.717) is 17.9 Å². The van der Waals surface area contributed by atoms with Crippen molar-refractivity contribution >= 4 is 5.97 Å². The van der Waals surface area contributed by atoms with Crippen molar-refractivity contribution in [2.75, 3.05) is 7.11 Å². The molecule has 0 unspecified atom stereocenters. The standard InChI is InChI=1S/C20H17F3N2O3/c1-27-19(26)18-11-25(13-24-18)10-14-4-8-17(9-5-14)28-12-15-2-6-16(7-3-15)20(21,22)23/h2-9,11,13H,10,12H2,1H3. The van der Waals surface area contributed by atoms with E-state index < -0.39 is 17.7 Å². The van der Waals surface area contributed by atoms with E-state index in [1.54, 1.807) is 29.2 Å². The Morgan fingerprint density at radius 3 is 2.29 bits per heavy atom. The summed E-state index contributed by atoms with van der Waals surface area (Å²) in [5.74, 6) is 0.107. The lowest BCUT2D eigenvalue weighted by Gasteiger charge is -2.10. The molecule has 0 amide bonds. The van der Waals surface area contributed by atoms with Crippen LogP contribution in [-0.4, -0.2) is 22.6 Å². The fraction of sp³-hybridized carbons (Fsp3) is 0.200. The quantitative estimate of drug-likeness (QED) is 0.589. The van der Waals surface area contributed by atoms with Gasteiger partial charge in [-0.1, -0.05) is 24.3 Å². The number of methoxy groups -OCH3 is 1. The molecule has 0 saturated carbocycles. The monoisotopic (exact) mass is 390 g/mol. The number of hydrogen-bond acceptors (Lipinski definition) is 4. The smallest absolute Gasteiger partial charge is 0.416 e. The Kier molecular flexibility index (Phi) is 5.67. The molecular formula is C20H17F3N2O3. The molecule has 3 aromatic rings. The first-order chi connectivity index (χ1) is 13.3. The van der Waals surface area contributed by atoms with Gasteiger partial charge >= 0.3 is 12.1 Å². The summed E-state index contributed by atoms with van der Waals surface area (Å²) in [6, 6.07) is 12.1. The van der Waals surface area contributed by atoms with E-state index in [1.807, 2.05) is 12.1 Å². The van der Waals surface area contributed by atoms with Crippen LogP contribution in [0.1, 0.15) is 27.2 Å². The minimum atomic E-state index is -4.35. The third kappa shape index (κ3) is 4.91. The van der Waals surface area contributed by atoms with Crippen molar-refractivity contribution in [3.8, 4) is 5.75 Å². The first-order valence-electron chi connectivity index (χ1n) is 8.33. The Hall–Kier alpha value is -3.29. The maximum absolute atomic E-state index is 12.6. The number of benzene rings is 2. The molecule has 3 rings (SSSR count). The Labute approximate surface area is 159 Å². The van der Waals surface area contributed by atoms with Crippen molar-refractivity contribution < 1.29 is 27.4 Å². The molecule has 0 saturated heterocycles. The highest BCUT2D eigenvalue weighted by molar-refractivity contribution is 5.86. The van der Waals surface area contributed by atoms with Crippen LogP contribution >= 0.6 is 0 Å². The van der Waals surface area contributed by atoms with Gasteiger partial charge in [-0.25, -0.2) is 9.78 Å². The Morgan fingerprint density at radius 2 is 1.68 bits per heavy atom. The fourth-order valence-corrected chi connectivity index (χ4v) is 2.52. The normalized spacial score (nSPS) is 11.3. The maximum atomic E-state index is 12.6. The topological polar surface area (TPSA) is 53.4 Å². The number of nitrogens with zero attached hydrogens (tertiary/aromatic N) is 2. The van der Waals surface area contributed by atoms with Crippen LogP contribution in [-0.2, 0) is 24.1 Å². The molecule has 2 aromatic carbocycles. The van der Waals surface area contributed by atoms with Crippen LogP contribution in [0.5, 0.6) is 5.75 Å². The molecular weight excluding hydrogens is 373 g/mol. The molecule has 0 radical (unpaired) electrons. The highest BCUT2D eigenvalue weighted by Crippen LogP contribution is 2.29. The molecule has 0 spiro atoms. The summed E-state index contributed by atoms with van der Waals surface area (Å²) in [7, 11) is 1.30. The van der Waals surface area contributed by atoms with E-state index in [9.17, 15) is 18.0 Å². The zero-order valence-corrected chi connectivity index (χ0v) is 14.9. The second-order valence-electron chi connectivity index (χ2n) is 6.05. The Bertz CT molecular complexity index is 933. The average Bonchev–Trinajstić information content (AvgIpc) is 3.15. The maximum Gasteiger partial charge on any atom is 0.416 e. The summed E-state index contributed by atoms with van der Waals surface area (Å²) in [6.45, 7) is 0.685. The minimum Gasteiger partial charge on any atom is -0.489 e. The molecule has 0 bridgehead atoms. The Balaban J connectivity index is 1.56. The largest absolute Gasteiger partial charge is 0.489 e. The van der Waals surface area contributed by atoms with Gasteiger partial charge in [-0.15, -0.1) is 0 Å². The van der Waals surface area contributed by atoms with E-state index >= 15 is 0 Å². The van der Waals surface area contributed by atoms with Gasteiger partial charge in [0, 0.05) is 12.7 Å². The van der Waals surface area contributed by atoms with Gasteiger partial charge in [0.1, 0.15) is 12.4 Å². The number of rotatable bonds is 6. The molecule has 0 N–H and O–H groups in total. The van der Waals surface area contributed by atoms with E-state index in [-0.39, 0.29) is 12.3 Å². The van der Waals surface area contributed by atoms with Crippen LogP contribution < -0.4 is 4.74 Å². The predicted octanol–water partition coefficient (Wildman–Crippen LogP) is 4.32. The molecule has 0 fully saturated rings. The molecule has 146 valence electrons. The van der Waals surface area contributed by atoms with Crippen LogP contribution in [0.15, 0.2) is 61.1 Å². The molecule has 0 aliphatic carbocycles. The first-order valence-corrected chi connectivity index (χ1v) is 8.33. The second kappa shape index (κ2) is 8.16.